The second-order valence-corrected chi connectivity index (χ2v) is 8.55. The highest BCUT2D eigenvalue weighted by Gasteiger charge is 2.25. The molecule has 8 heteroatoms. The van der Waals surface area contributed by atoms with E-state index in [9.17, 15) is 13.2 Å². The van der Waals surface area contributed by atoms with E-state index in [0.29, 0.717) is 18.0 Å². The molecule has 152 valence electrons. The molecule has 0 aliphatic heterocycles. The Kier molecular flexibility index (Phi) is 6.90. The summed E-state index contributed by atoms with van der Waals surface area (Å²) in [5.41, 5.74) is 2.48. The molecule has 1 N–H and O–H groups in total. The number of nitrogens with zero attached hydrogens (tertiary/aromatic N) is 1. The number of nitrogens with one attached hydrogen (secondary N) is 1. The molecule has 0 bridgehead atoms. The van der Waals surface area contributed by atoms with E-state index in [2.05, 4.69) is 5.32 Å². The van der Waals surface area contributed by atoms with Crippen molar-refractivity contribution in [3.05, 3.63) is 53.1 Å². The highest BCUT2D eigenvalue weighted by atomic mass is 32.2. The van der Waals surface area contributed by atoms with Crippen molar-refractivity contribution in [2.45, 2.75) is 20.4 Å². The summed E-state index contributed by atoms with van der Waals surface area (Å²) in [5, 5.41) is 2.83. The van der Waals surface area contributed by atoms with E-state index in [4.69, 9.17) is 9.47 Å². The smallest absolute Gasteiger partial charge is 0.253 e. The number of methoxy groups -OCH3 is 2. The summed E-state index contributed by atoms with van der Waals surface area (Å²) in [6.07, 6.45) is 0. The predicted molar refractivity (Wildman–Crippen MR) is 110 cm³/mol. The molecular weight excluding hydrogens is 380 g/mol. The summed E-state index contributed by atoms with van der Waals surface area (Å²) in [4.78, 5) is 12.9. The zero-order chi connectivity index (χ0) is 20.9. The average molecular weight is 407 g/mol. The van der Waals surface area contributed by atoms with Gasteiger partial charge in [-0.3, -0.25) is 9.10 Å². The maximum atomic E-state index is 12.9. The minimum atomic E-state index is -3.57. The number of hydrogen-bond donors (Lipinski definition) is 1. The van der Waals surface area contributed by atoms with Crippen LogP contribution in [-0.4, -0.2) is 41.3 Å². The molecule has 0 radical (unpaired) electrons. The quantitative estimate of drug-likeness (QED) is 0.729. The van der Waals surface area contributed by atoms with E-state index in [-0.39, 0.29) is 17.0 Å². The summed E-state index contributed by atoms with van der Waals surface area (Å²) < 4.78 is 36.4. The summed E-state index contributed by atoms with van der Waals surface area (Å²) in [6.45, 7) is 3.85. The van der Waals surface area contributed by atoms with Gasteiger partial charge in [0.1, 0.15) is 0 Å². The first kappa shape index (κ1) is 21.6. The molecule has 1 amide bonds. The fraction of sp³-hybridized carbons (Fsp3) is 0.350. The number of aryl methyl sites for hydroxylation is 1. The van der Waals surface area contributed by atoms with Crippen molar-refractivity contribution in [1.29, 1.82) is 0 Å². The lowest BCUT2D eigenvalue weighted by Crippen LogP contribution is -2.31. The standard InChI is InChI=1S/C20H26N2O5S/c1-6-28(24,25)22(3)17-12-19(27-5)18(26-4)11-16(17)20(23)21-13-15-9-7-14(2)8-10-15/h7-12H,6,13H2,1-5H3,(H,21,23). The van der Waals surface area contributed by atoms with Gasteiger partial charge in [0, 0.05) is 19.7 Å². The Bertz CT molecular complexity index is 940. The molecule has 0 saturated heterocycles. The third kappa shape index (κ3) is 4.75. The Labute approximate surface area is 166 Å². The van der Waals surface area contributed by atoms with Gasteiger partial charge in [-0.25, -0.2) is 8.42 Å². The van der Waals surface area contributed by atoms with Crippen molar-refractivity contribution in [2.75, 3.05) is 31.3 Å². The number of sulfonamides is 1. The van der Waals surface area contributed by atoms with Gasteiger partial charge >= 0.3 is 0 Å². The maximum absolute atomic E-state index is 12.9. The first-order valence-electron chi connectivity index (χ1n) is 8.79. The van der Waals surface area contributed by atoms with Crippen molar-refractivity contribution in [3.63, 3.8) is 0 Å². The van der Waals surface area contributed by atoms with Crippen molar-refractivity contribution >= 4 is 21.6 Å². The molecule has 0 spiro atoms. The van der Waals surface area contributed by atoms with Crippen LogP contribution in [0.2, 0.25) is 0 Å². The molecule has 7 nitrogen and oxygen atoms in total. The Hall–Kier alpha value is -2.74. The number of rotatable bonds is 8. The van der Waals surface area contributed by atoms with Crippen LogP contribution in [0.1, 0.15) is 28.4 Å². The van der Waals surface area contributed by atoms with Crippen LogP contribution in [-0.2, 0) is 16.6 Å². The first-order chi connectivity index (χ1) is 13.2. The number of hydrogen-bond acceptors (Lipinski definition) is 5. The third-order valence-electron chi connectivity index (χ3n) is 4.44. The van der Waals surface area contributed by atoms with Gasteiger partial charge in [-0.05, 0) is 25.5 Å². The summed E-state index contributed by atoms with van der Waals surface area (Å²) in [5.74, 6) is 0.178. The number of carbonyl (C=O) groups is 1. The first-order valence-corrected chi connectivity index (χ1v) is 10.4. The summed E-state index contributed by atoms with van der Waals surface area (Å²) >= 11 is 0. The lowest BCUT2D eigenvalue weighted by molar-refractivity contribution is 0.0951. The van der Waals surface area contributed by atoms with Crippen molar-refractivity contribution in [2.24, 2.45) is 0 Å². The van der Waals surface area contributed by atoms with E-state index < -0.39 is 15.9 Å². The minimum absolute atomic E-state index is 0.0950. The molecule has 0 aliphatic rings. The number of carbonyl (C=O) groups excluding carboxylic acids is 1. The van der Waals surface area contributed by atoms with Crippen LogP contribution in [0.3, 0.4) is 0 Å². The van der Waals surface area contributed by atoms with Gasteiger partial charge in [-0.2, -0.15) is 0 Å². The molecule has 0 atom stereocenters. The normalized spacial score (nSPS) is 11.0. The van der Waals surface area contributed by atoms with Gasteiger partial charge in [0.25, 0.3) is 5.91 Å². The third-order valence-corrected chi connectivity index (χ3v) is 6.20. The monoisotopic (exact) mass is 406 g/mol. The molecule has 2 rings (SSSR count). The molecule has 2 aromatic rings. The number of benzene rings is 2. The summed E-state index contributed by atoms with van der Waals surface area (Å²) in [7, 11) is 0.755. The van der Waals surface area contributed by atoms with Crippen molar-refractivity contribution in [1.82, 2.24) is 5.32 Å². The van der Waals surface area contributed by atoms with Crippen LogP contribution in [0.25, 0.3) is 0 Å². The molecule has 0 heterocycles. The molecule has 0 aliphatic carbocycles. The fourth-order valence-corrected chi connectivity index (χ4v) is 3.48. The van der Waals surface area contributed by atoms with E-state index in [0.717, 1.165) is 15.4 Å². The van der Waals surface area contributed by atoms with E-state index in [1.807, 2.05) is 31.2 Å². The topological polar surface area (TPSA) is 84.9 Å². The Balaban J connectivity index is 2.41. The van der Waals surface area contributed by atoms with E-state index in [1.165, 1.54) is 33.4 Å². The molecular formula is C20H26N2O5S. The highest BCUT2D eigenvalue weighted by molar-refractivity contribution is 7.92. The van der Waals surface area contributed by atoms with Gasteiger partial charge in [0.2, 0.25) is 10.0 Å². The van der Waals surface area contributed by atoms with Gasteiger partial charge in [0.05, 0.1) is 31.2 Å². The number of ether oxygens (including phenoxy) is 2. The molecule has 0 fully saturated rings. The van der Waals surface area contributed by atoms with Crippen molar-refractivity contribution in [3.8, 4) is 11.5 Å². The van der Waals surface area contributed by atoms with Crippen LogP contribution < -0.4 is 19.1 Å². The molecule has 0 aromatic heterocycles. The Morgan fingerprint density at radius 1 is 1.07 bits per heavy atom. The Morgan fingerprint density at radius 2 is 1.64 bits per heavy atom. The van der Waals surface area contributed by atoms with Gasteiger partial charge in [0.15, 0.2) is 11.5 Å². The van der Waals surface area contributed by atoms with Gasteiger partial charge in [-0.1, -0.05) is 29.8 Å². The lowest BCUT2D eigenvalue weighted by atomic mass is 10.1. The van der Waals surface area contributed by atoms with Crippen LogP contribution in [0.15, 0.2) is 36.4 Å². The minimum Gasteiger partial charge on any atom is -0.493 e. The van der Waals surface area contributed by atoms with Crippen LogP contribution >= 0.6 is 0 Å². The zero-order valence-corrected chi connectivity index (χ0v) is 17.6. The molecule has 0 saturated carbocycles. The molecule has 28 heavy (non-hydrogen) atoms. The van der Waals surface area contributed by atoms with Gasteiger partial charge in [-0.15, -0.1) is 0 Å². The van der Waals surface area contributed by atoms with Crippen LogP contribution in [0, 0.1) is 6.92 Å². The maximum Gasteiger partial charge on any atom is 0.253 e. The lowest BCUT2D eigenvalue weighted by Gasteiger charge is -2.23. The Morgan fingerprint density at radius 3 is 2.18 bits per heavy atom. The largest absolute Gasteiger partial charge is 0.493 e. The summed E-state index contributed by atoms with van der Waals surface area (Å²) in [6, 6.07) is 10.8. The number of anilines is 1. The highest BCUT2D eigenvalue weighted by Crippen LogP contribution is 2.35. The van der Waals surface area contributed by atoms with E-state index >= 15 is 0 Å². The average Bonchev–Trinajstić information content (AvgIpc) is 2.71. The second kappa shape index (κ2) is 8.97. The van der Waals surface area contributed by atoms with Crippen LogP contribution in [0.5, 0.6) is 11.5 Å². The van der Waals surface area contributed by atoms with Crippen molar-refractivity contribution < 1.29 is 22.7 Å². The SMILES string of the molecule is CCS(=O)(=O)N(C)c1cc(OC)c(OC)cc1C(=O)NCc1ccc(C)cc1. The molecule has 2 aromatic carbocycles. The second-order valence-electron chi connectivity index (χ2n) is 6.26. The predicted octanol–water partition coefficient (Wildman–Crippen LogP) is 2.73. The van der Waals surface area contributed by atoms with Gasteiger partial charge < -0.3 is 14.8 Å². The van der Waals surface area contributed by atoms with Crippen LogP contribution in [0.4, 0.5) is 5.69 Å². The van der Waals surface area contributed by atoms with E-state index in [1.54, 1.807) is 6.92 Å². The fourth-order valence-electron chi connectivity index (χ4n) is 2.64. The zero-order valence-electron chi connectivity index (χ0n) is 16.8. The number of amides is 1. The molecule has 0 unspecified atom stereocenters.